The van der Waals surface area contributed by atoms with Crippen LogP contribution in [0.25, 0.3) is 11.3 Å². The van der Waals surface area contributed by atoms with Crippen LogP contribution in [0.4, 0.5) is 0 Å². The first-order valence-corrected chi connectivity index (χ1v) is 8.16. The zero-order valence-corrected chi connectivity index (χ0v) is 13.8. The Morgan fingerprint density at radius 3 is 2.73 bits per heavy atom. The second-order valence-corrected chi connectivity index (χ2v) is 5.98. The summed E-state index contributed by atoms with van der Waals surface area (Å²) < 4.78 is 5.70. The monoisotopic (exact) mass is 345 g/mol. The van der Waals surface area contributed by atoms with Crippen molar-refractivity contribution < 1.29 is 9.53 Å². The molecule has 3 aromatic rings. The molecule has 2 aromatic heterocycles. The fraction of sp³-hybridized carbons (Fsp3) is 0.158. The smallest absolute Gasteiger partial charge is 0.272 e. The van der Waals surface area contributed by atoms with E-state index in [4.69, 9.17) is 10.00 Å². The van der Waals surface area contributed by atoms with E-state index in [0.29, 0.717) is 30.2 Å². The molecule has 0 unspecified atom stereocenters. The van der Waals surface area contributed by atoms with Crippen LogP contribution in [0.1, 0.15) is 16.1 Å². The number of aromatic amines is 1. The number of carbonyl (C=O) groups excluding carboxylic acids is 1. The van der Waals surface area contributed by atoms with Gasteiger partial charge in [0.1, 0.15) is 17.9 Å². The zero-order chi connectivity index (χ0) is 17.9. The first-order valence-electron chi connectivity index (χ1n) is 8.16. The number of amides is 1. The van der Waals surface area contributed by atoms with E-state index < -0.39 is 0 Å². The van der Waals surface area contributed by atoms with Gasteiger partial charge in [-0.2, -0.15) is 10.4 Å². The predicted molar refractivity (Wildman–Crippen MR) is 93.3 cm³/mol. The quantitative estimate of drug-likeness (QED) is 0.782. The van der Waals surface area contributed by atoms with Gasteiger partial charge < -0.3 is 9.64 Å². The number of aromatic nitrogens is 3. The highest BCUT2D eigenvalue weighted by molar-refractivity contribution is 5.94. The minimum atomic E-state index is -0.104. The molecule has 1 aromatic carbocycles. The van der Waals surface area contributed by atoms with E-state index in [-0.39, 0.29) is 12.0 Å². The van der Waals surface area contributed by atoms with Crippen molar-refractivity contribution in [2.45, 2.75) is 6.10 Å². The summed E-state index contributed by atoms with van der Waals surface area (Å²) in [5.41, 5.74) is 2.64. The van der Waals surface area contributed by atoms with Crippen molar-refractivity contribution >= 4 is 5.91 Å². The maximum absolute atomic E-state index is 12.5. The van der Waals surface area contributed by atoms with Crippen LogP contribution in [0.2, 0.25) is 0 Å². The van der Waals surface area contributed by atoms with Gasteiger partial charge in [-0.25, -0.2) is 4.98 Å². The van der Waals surface area contributed by atoms with Crippen LogP contribution >= 0.6 is 0 Å². The molecule has 4 rings (SSSR count). The molecule has 1 aliphatic heterocycles. The molecule has 0 saturated carbocycles. The Balaban J connectivity index is 1.34. The minimum Gasteiger partial charge on any atom is -0.471 e. The lowest BCUT2D eigenvalue weighted by Crippen LogP contribution is -2.56. The van der Waals surface area contributed by atoms with Crippen molar-refractivity contribution in [1.29, 1.82) is 5.26 Å². The van der Waals surface area contributed by atoms with E-state index in [1.54, 1.807) is 23.1 Å². The van der Waals surface area contributed by atoms with Crippen molar-refractivity contribution in [1.82, 2.24) is 20.1 Å². The number of nitrogens with zero attached hydrogens (tertiary/aromatic N) is 4. The molecular formula is C19H15N5O2. The van der Waals surface area contributed by atoms with Crippen LogP contribution in [0.3, 0.4) is 0 Å². The molecule has 0 bridgehead atoms. The Morgan fingerprint density at radius 2 is 2.04 bits per heavy atom. The lowest BCUT2D eigenvalue weighted by atomic mass is 10.1. The molecule has 1 fully saturated rings. The molecular weight excluding hydrogens is 330 g/mol. The van der Waals surface area contributed by atoms with Crippen molar-refractivity contribution in [3.63, 3.8) is 0 Å². The topological polar surface area (TPSA) is 94.9 Å². The SMILES string of the molecule is N#Cc1ccc(OC2CN(C(=O)c3cc(-c4ccccc4)n[nH]3)C2)nc1. The van der Waals surface area contributed by atoms with Gasteiger partial charge in [-0.05, 0) is 12.1 Å². The average molecular weight is 345 g/mol. The molecule has 7 nitrogen and oxygen atoms in total. The Labute approximate surface area is 149 Å². The molecule has 26 heavy (non-hydrogen) atoms. The summed E-state index contributed by atoms with van der Waals surface area (Å²) in [6, 6.07) is 16.8. The van der Waals surface area contributed by atoms with Crippen LogP contribution in [0, 0.1) is 11.3 Å². The van der Waals surface area contributed by atoms with Crippen molar-refractivity contribution in [2.24, 2.45) is 0 Å². The van der Waals surface area contributed by atoms with Crippen LogP contribution in [0.15, 0.2) is 54.7 Å². The van der Waals surface area contributed by atoms with E-state index in [1.165, 1.54) is 6.20 Å². The number of benzene rings is 1. The minimum absolute atomic E-state index is 0.101. The molecule has 7 heteroatoms. The Morgan fingerprint density at radius 1 is 1.23 bits per heavy atom. The molecule has 0 radical (unpaired) electrons. The molecule has 128 valence electrons. The Bertz CT molecular complexity index is 954. The highest BCUT2D eigenvalue weighted by atomic mass is 16.5. The Kier molecular flexibility index (Phi) is 4.07. The van der Waals surface area contributed by atoms with Crippen molar-refractivity contribution in [3.8, 4) is 23.2 Å². The number of rotatable bonds is 4. The summed E-state index contributed by atoms with van der Waals surface area (Å²) in [7, 11) is 0. The van der Waals surface area contributed by atoms with Gasteiger partial charge >= 0.3 is 0 Å². The number of likely N-dealkylation sites (tertiary alicyclic amines) is 1. The number of nitrogens with one attached hydrogen (secondary N) is 1. The van der Waals surface area contributed by atoms with E-state index >= 15 is 0 Å². The summed E-state index contributed by atoms with van der Waals surface area (Å²) >= 11 is 0. The fourth-order valence-electron chi connectivity index (χ4n) is 2.72. The second-order valence-electron chi connectivity index (χ2n) is 5.98. The summed E-state index contributed by atoms with van der Waals surface area (Å²) in [5, 5.41) is 15.8. The summed E-state index contributed by atoms with van der Waals surface area (Å²) in [6.07, 6.45) is 1.36. The van der Waals surface area contributed by atoms with E-state index in [9.17, 15) is 4.79 Å². The number of carbonyl (C=O) groups is 1. The summed E-state index contributed by atoms with van der Waals surface area (Å²) in [6.45, 7) is 0.973. The van der Waals surface area contributed by atoms with Crippen LogP contribution in [0.5, 0.6) is 5.88 Å². The largest absolute Gasteiger partial charge is 0.471 e. The first kappa shape index (κ1) is 15.8. The van der Waals surface area contributed by atoms with E-state index in [0.717, 1.165) is 11.3 Å². The lowest BCUT2D eigenvalue weighted by Gasteiger charge is -2.38. The van der Waals surface area contributed by atoms with E-state index in [2.05, 4.69) is 15.2 Å². The van der Waals surface area contributed by atoms with Gasteiger partial charge in [0.05, 0.1) is 24.3 Å². The van der Waals surface area contributed by atoms with Gasteiger partial charge in [0.15, 0.2) is 0 Å². The third kappa shape index (κ3) is 3.13. The second kappa shape index (κ2) is 6.69. The third-order valence-electron chi connectivity index (χ3n) is 4.17. The standard InChI is InChI=1S/C19H15N5O2/c20-9-13-6-7-18(21-10-13)26-15-11-24(12-15)19(25)17-8-16(22-23-17)14-4-2-1-3-5-14/h1-8,10,15H,11-12H2,(H,22,23). The van der Waals surface area contributed by atoms with Gasteiger partial charge in [0.2, 0.25) is 5.88 Å². The molecule has 1 amide bonds. The lowest BCUT2D eigenvalue weighted by molar-refractivity contribution is 0.0156. The average Bonchev–Trinajstić information content (AvgIpc) is 3.15. The molecule has 0 aliphatic carbocycles. The molecule has 1 saturated heterocycles. The van der Waals surface area contributed by atoms with Crippen molar-refractivity contribution in [3.05, 3.63) is 66.0 Å². The van der Waals surface area contributed by atoms with Gasteiger partial charge in [0.25, 0.3) is 5.91 Å². The van der Waals surface area contributed by atoms with Gasteiger partial charge in [0, 0.05) is 17.8 Å². The highest BCUT2D eigenvalue weighted by Crippen LogP contribution is 2.21. The number of hydrogen-bond acceptors (Lipinski definition) is 5. The molecule has 0 spiro atoms. The van der Waals surface area contributed by atoms with Crippen LogP contribution < -0.4 is 4.74 Å². The number of pyridine rings is 1. The number of nitriles is 1. The zero-order valence-electron chi connectivity index (χ0n) is 13.8. The van der Waals surface area contributed by atoms with Gasteiger partial charge in [-0.3, -0.25) is 9.89 Å². The third-order valence-corrected chi connectivity index (χ3v) is 4.17. The maximum atomic E-state index is 12.5. The number of ether oxygens (including phenoxy) is 1. The number of hydrogen-bond donors (Lipinski definition) is 1. The normalized spacial score (nSPS) is 13.7. The fourth-order valence-corrected chi connectivity index (χ4v) is 2.72. The molecule has 1 N–H and O–H groups in total. The van der Waals surface area contributed by atoms with Crippen LogP contribution in [-0.2, 0) is 0 Å². The summed E-state index contributed by atoms with van der Waals surface area (Å²) in [5.74, 6) is 0.348. The predicted octanol–water partition coefficient (Wildman–Crippen LogP) is 2.25. The van der Waals surface area contributed by atoms with Gasteiger partial charge in [-0.15, -0.1) is 0 Å². The van der Waals surface area contributed by atoms with Gasteiger partial charge in [-0.1, -0.05) is 30.3 Å². The molecule has 3 heterocycles. The highest BCUT2D eigenvalue weighted by Gasteiger charge is 2.33. The summed E-state index contributed by atoms with van der Waals surface area (Å²) in [4.78, 5) is 18.3. The number of H-pyrrole nitrogens is 1. The van der Waals surface area contributed by atoms with E-state index in [1.807, 2.05) is 36.4 Å². The Hall–Kier alpha value is -3.66. The molecule has 1 aliphatic rings. The van der Waals surface area contributed by atoms with Crippen molar-refractivity contribution in [2.75, 3.05) is 13.1 Å². The molecule has 0 atom stereocenters. The van der Waals surface area contributed by atoms with Crippen LogP contribution in [-0.4, -0.2) is 45.2 Å². The maximum Gasteiger partial charge on any atom is 0.272 e. The first-order chi connectivity index (χ1) is 12.7.